The number of rotatable bonds is 31. The average Bonchev–Trinajstić information content (AvgIpc) is 3.83. The Labute approximate surface area is 367 Å². The van der Waals surface area contributed by atoms with Gasteiger partial charge < -0.3 is 0 Å². The van der Waals surface area contributed by atoms with Crippen molar-refractivity contribution in [3.8, 4) is 33.8 Å². The van der Waals surface area contributed by atoms with Crippen LogP contribution in [-0.4, -0.2) is 0 Å². The smallest absolute Gasteiger partial charge is 0.186 e. The minimum atomic E-state index is 0.914. The number of hydrogen-bond acceptors (Lipinski definition) is 2. The highest BCUT2D eigenvalue weighted by Crippen LogP contribution is 2.48. The highest BCUT2D eigenvalue weighted by Gasteiger charge is 2.30. The molecule has 0 radical (unpaired) electrons. The molecular formula is C58H82O2. The van der Waals surface area contributed by atoms with E-state index in [1.165, 1.54) is 221 Å². The second-order valence-electron chi connectivity index (χ2n) is 18.6. The molecule has 2 heteroatoms. The zero-order chi connectivity index (χ0) is 41.8. The highest BCUT2D eigenvalue weighted by atomic mass is 17.2. The van der Waals surface area contributed by atoms with Gasteiger partial charge in [-0.2, -0.15) is 0 Å². The summed E-state index contributed by atoms with van der Waals surface area (Å²) in [5.41, 5.74) is 16.9. The molecule has 0 spiro atoms. The first kappa shape index (κ1) is 46.0. The van der Waals surface area contributed by atoms with Crippen molar-refractivity contribution in [1.82, 2.24) is 0 Å². The van der Waals surface area contributed by atoms with Crippen LogP contribution in [0.15, 0.2) is 60.7 Å². The molecule has 0 unspecified atom stereocenters. The first-order valence-electron chi connectivity index (χ1n) is 25.5. The fourth-order valence-corrected chi connectivity index (χ4v) is 10.3. The third kappa shape index (κ3) is 12.5. The van der Waals surface area contributed by atoms with Gasteiger partial charge in [0, 0.05) is 35.1 Å². The lowest BCUT2D eigenvalue weighted by atomic mass is 9.90. The molecule has 0 N–H and O–H groups in total. The Balaban J connectivity index is 1.38. The fraction of sp³-hybridized carbons (Fsp3) is 0.586. The number of unbranched alkanes of at least 4 members (excludes halogenated alkanes) is 20. The quantitative estimate of drug-likeness (QED) is 0.0247. The highest BCUT2D eigenvalue weighted by molar-refractivity contribution is 5.82. The van der Waals surface area contributed by atoms with Gasteiger partial charge in [-0.15, -0.1) is 0 Å². The SMILES string of the molecule is CCCCCCCCc1cc2c(c(OOc3c(CCCCCCCC)c(CCCCCCCC)cc4c3Cc3ccccc3-4)c1CCCCCCCC)Cc1ccccc1-2. The Kier molecular flexibility index (Phi) is 19.5. The van der Waals surface area contributed by atoms with Crippen LogP contribution in [0, 0.1) is 0 Å². The minimum absolute atomic E-state index is 0.914. The van der Waals surface area contributed by atoms with E-state index in [4.69, 9.17) is 9.78 Å². The zero-order valence-electron chi connectivity index (χ0n) is 38.8. The van der Waals surface area contributed by atoms with E-state index in [1.54, 1.807) is 0 Å². The standard InChI is InChI=1S/C58H82O2/c1-5-9-13-17-21-25-33-47-41-53-49-37-31-29-35-45(49)43-55(53)57(51(47)39-27-23-19-15-11-7-3)59-60-58-52(40-28-24-20-16-12-8-4)48(34-26-22-18-14-10-6-2)42-54-50-38-32-30-36-46(50)44-56(54)58/h29-32,35-38,41-42H,5-28,33-34,39-40,43-44H2,1-4H3. The Hall–Kier alpha value is -3.52. The van der Waals surface area contributed by atoms with Crippen molar-refractivity contribution < 1.29 is 9.78 Å². The van der Waals surface area contributed by atoms with E-state index < -0.39 is 0 Å². The molecule has 60 heavy (non-hydrogen) atoms. The molecular weight excluding hydrogens is 729 g/mol. The molecule has 0 heterocycles. The summed E-state index contributed by atoms with van der Waals surface area (Å²) in [6.07, 6.45) is 37.5. The normalized spacial score (nSPS) is 12.4. The Bertz CT molecular complexity index is 1750. The molecule has 0 fully saturated rings. The summed E-state index contributed by atoms with van der Waals surface area (Å²) in [6, 6.07) is 23.3. The van der Waals surface area contributed by atoms with Gasteiger partial charge in [-0.3, -0.25) is 9.78 Å². The van der Waals surface area contributed by atoms with Crippen molar-refractivity contribution in [3.63, 3.8) is 0 Å². The summed E-state index contributed by atoms with van der Waals surface area (Å²) < 4.78 is 0. The molecule has 0 bridgehead atoms. The maximum Gasteiger partial charge on any atom is 0.186 e. The third-order valence-corrected chi connectivity index (χ3v) is 13.9. The summed E-state index contributed by atoms with van der Waals surface area (Å²) in [7, 11) is 0. The van der Waals surface area contributed by atoms with Crippen molar-refractivity contribution in [1.29, 1.82) is 0 Å². The third-order valence-electron chi connectivity index (χ3n) is 13.9. The fourth-order valence-electron chi connectivity index (χ4n) is 10.3. The first-order valence-corrected chi connectivity index (χ1v) is 25.5. The van der Waals surface area contributed by atoms with E-state index in [1.807, 2.05) is 0 Å². The molecule has 0 amide bonds. The summed E-state index contributed by atoms with van der Waals surface area (Å²) in [5, 5.41) is 0. The molecule has 4 aromatic carbocycles. The van der Waals surface area contributed by atoms with Gasteiger partial charge in [-0.05, 0) is 95.9 Å². The lowest BCUT2D eigenvalue weighted by Crippen LogP contribution is -2.12. The summed E-state index contributed by atoms with van der Waals surface area (Å²) in [6.45, 7) is 9.27. The van der Waals surface area contributed by atoms with Crippen LogP contribution in [0.1, 0.15) is 226 Å². The molecule has 0 saturated heterocycles. The summed E-state index contributed by atoms with van der Waals surface area (Å²) >= 11 is 0. The second kappa shape index (κ2) is 25.4. The number of aryl methyl sites for hydroxylation is 2. The maximum absolute atomic E-state index is 7.14. The maximum atomic E-state index is 7.14. The van der Waals surface area contributed by atoms with E-state index in [-0.39, 0.29) is 0 Å². The Morgan fingerprint density at radius 1 is 0.350 bits per heavy atom. The van der Waals surface area contributed by atoms with Crippen LogP contribution in [0.2, 0.25) is 0 Å². The molecule has 4 aromatic rings. The van der Waals surface area contributed by atoms with Crippen LogP contribution >= 0.6 is 0 Å². The van der Waals surface area contributed by atoms with Gasteiger partial charge in [0.25, 0.3) is 0 Å². The van der Waals surface area contributed by atoms with E-state index in [2.05, 4.69) is 88.4 Å². The van der Waals surface area contributed by atoms with Crippen LogP contribution < -0.4 is 9.78 Å². The monoisotopic (exact) mass is 811 g/mol. The van der Waals surface area contributed by atoms with Crippen molar-refractivity contribution in [3.05, 3.63) is 105 Å². The topological polar surface area (TPSA) is 18.5 Å². The number of hydrogen-bond donors (Lipinski definition) is 0. The molecule has 326 valence electrons. The number of fused-ring (bicyclic) bond motifs is 6. The average molecular weight is 811 g/mol. The molecule has 0 aromatic heterocycles. The molecule has 0 saturated carbocycles. The minimum Gasteiger partial charge on any atom is -0.289 e. The van der Waals surface area contributed by atoms with Crippen molar-refractivity contribution in [2.45, 2.75) is 220 Å². The predicted octanol–water partition coefficient (Wildman–Crippen LogP) is 17.8. The van der Waals surface area contributed by atoms with E-state index in [0.29, 0.717) is 0 Å². The lowest BCUT2D eigenvalue weighted by molar-refractivity contribution is -0.103. The lowest BCUT2D eigenvalue weighted by Gasteiger charge is -2.22. The van der Waals surface area contributed by atoms with Gasteiger partial charge in [0.05, 0.1) is 0 Å². The van der Waals surface area contributed by atoms with Crippen LogP contribution in [0.25, 0.3) is 22.3 Å². The molecule has 2 aliphatic carbocycles. The van der Waals surface area contributed by atoms with E-state index >= 15 is 0 Å². The largest absolute Gasteiger partial charge is 0.289 e. The van der Waals surface area contributed by atoms with Crippen molar-refractivity contribution in [2.75, 3.05) is 0 Å². The van der Waals surface area contributed by atoms with Crippen LogP contribution in [-0.2, 0) is 38.5 Å². The van der Waals surface area contributed by atoms with E-state index in [0.717, 1.165) is 50.0 Å². The zero-order valence-corrected chi connectivity index (χ0v) is 38.8. The van der Waals surface area contributed by atoms with Gasteiger partial charge in [-0.25, -0.2) is 0 Å². The van der Waals surface area contributed by atoms with Gasteiger partial charge in [-0.1, -0.05) is 217 Å². The van der Waals surface area contributed by atoms with E-state index in [9.17, 15) is 0 Å². The van der Waals surface area contributed by atoms with Crippen molar-refractivity contribution in [2.24, 2.45) is 0 Å². The molecule has 6 rings (SSSR count). The predicted molar refractivity (Wildman–Crippen MR) is 259 cm³/mol. The van der Waals surface area contributed by atoms with Gasteiger partial charge in [0.1, 0.15) is 0 Å². The molecule has 0 atom stereocenters. The van der Waals surface area contributed by atoms with Crippen molar-refractivity contribution >= 4 is 0 Å². The van der Waals surface area contributed by atoms with Gasteiger partial charge in [0.2, 0.25) is 0 Å². The molecule has 2 aliphatic rings. The van der Waals surface area contributed by atoms with Crippen LogP contribution in [0.3, 0.4) is 0 Å². The van der Waals surface area contributed by atoms with Crippen LogP contribution in [0.5, 0.6) is 11.5 Å². The summed E-state index contributed by atoms with van der Waals surface area (Å²) in [4.78, 5) is 14.3. The first-order chi connectivity index (χ1) is 29.7. The Morgan fingerprint density at radius 3 is 1.03 bits per heavy atom. The van der Waals surface area contributed by atoms with Gasteiger partial charge >= 0.3 is 0 Å². The number of benzene rings is 4. The second-order valence-corrected chi connectivity index (χ2v) is 18.6. The molecule has 2 nitrogen and oxygen atoms in total. The Morgan fingerprint density at radius 2 is 0.667 bits per heavy atom. The van der Waals surface area contributed by atoms with Crippen LogP contribution in [0.4, 0.5) is 0 Å². The molecule has 0 aliphatic heterocycles. The van der Waals surface area contributed by atoms with Gasteiger partial charge in [0.15, 0.2) is 11.5 Å². The summed E-state index contributed by atoms with van der Waals surface area (Å²) in [5.74, 6) is 2.07.